The second-order valence-corrected chi connectivity index (χ2v) is 7.39. The van der Waals surface area contributed by atoms with Gasteiger partial charge in [0.15, 0.2) is 0 Å². The predicted molar refractivity (Wildman–Crippen MR) is 92.9 cm³/mol. The van der Waals surface area contributed by atoms with E-state index in [-0.39, 0.29) is 0 Å². The van der Waals surface area contributed by atoms with E-state index in [2.05, 4.69) is 52.1 Å². The first-order chi connectivity index (χ1) is 9.98. The van der Waals surface area contributed by atoms with Crippen molar-refractivity contribution in [2.75, 3.05) is 6.54 Å². The third-order valence-corrected chi connectivity index (χ3v) is 5.48. The Kier molecular flexibility index (Phi) is 5.48. The van der Waals surface area contributed by atoms with Crippen LogP contribution in [-0.4, -0.2) is 6.54 Å². The van der Waals surface area contributed by atoms with E-state index in [0.29, 0.717) is 11.5 Å². The fourth-order valence-electron chi connectivity index (χ4n) is 3.96. The largest absolute Gasteiger partial charge is 0.309 e. The molecule has 2 rings (SSSR count). The maximum atomic E-state index is 3.88. The van der Waals surface area contributed by atoms with Crippen molar-refractivity contribution in [2.45, 2.75) is 79.2 Å². The molecule has 1 atom stereocenters. The number of aryl methyl sites for hydroxylation is 3. The third-order valence-electron chi connectivity index (χ3n) is 5.48. The number of benzene rings is 1. The highest BCUT2D eigenvalue weighted by atomic mass is 14.9. The van der Waals surface area contributed by atoms with Gasteiger partial charge in [0.1, 0.15) is 0 Å². The van der Waals surface area contributed by atoms with Crippen LogP contribution in [0.15, 0.2) is 12.1 Å². The molecule has 1 aromatic carbocycles. The minimum atomic E-state index is 0.417. The summed E-state index contributed by atoms with van der Waals surface area (Å²) in [4.78, 5) is 0. The highest BCUT2D eigenvalue weighted by molar-refractivity contribution is 5.39. The normalized spacial score (nSPS) is 19.5. The first-order valence-corrected chi connectivity index (χ1v) is 8.79. The van der Waals surface area contributed by atoms with Gasteiger partial charge in [0.25, 0.3) is 0 Å². The summed E-state index contributed by atoms with van der Waals surface area (Å²) in [6.45, 7) is 12.6. The summed E-state index contributed by atoms with van der Waals surface area (Å²) < 4.78 is 0. The van der Waals surface area contributed by atoms with E-state index in [1.54, 1.807) is 0 Å². The van der Waals surface area contributed by atoms with Crippen molar-refractivity contribution in [1.82, 2.24) is 5.32 Å². The van der Waals surface area contributed by atoms with Crippen LogP contribution in [0.2, 0.25) is 0 Å². The molecule has 1 nitrogen and oxygen atoms in total. The quantitative estimate of drug-likeness (QED) is 0.740. The van der Waals surface area contributed by atoms with Gasteiger partial charge in [0, 0.05) is 6.04 Å². The number of hydrogen-bond acceptors (Lipinski definition) is 1. The lowest BCUT2D eigenvalue weighted by molar-refractivity contribution is 0.144. The molecule has 1 aromatic rings. The molecule has 1 unspecified atom stereocenters. The SMILES string of the molecule is CCCNC(c1cc(C)c(C)cc1C)C1(C)CCCCC1. The lowest BCUT2D eigenvalue weighted by atomic mass is 9.68. The van der Waals surface area contributed by atoms with E-state index in [0.717, 1.165) is 6.54 Å². The Bertz CT molecular complexity index is 469. The highest BCUT2D eigenvalue weighted by Gasteiger charge is 2.36. The standard InChI is InChI=1S/C20H33N/c1-6-12-21-19(20(5)10-8-7-9-11-20)18-14-16(3)15(2)13-17(18)4/h13-14,19,21H,6-12H2,1-5H3. The van der Waals surface area contributed by atoms with Crippen LogP contribution in [0.1, 0.15) is 80.7 Å². The summed E-state index contributed by atoms with van der Waals surface area (Å²) in [6.07, 6.45) is 8.13. The van der Waals surface area contributed by atoms with Gasteiger partial charge in [0.05, 0.1) is 0 Å². The third kappa shape index (κ3) is 3.69. The minimum Gasteiger partial charge on any atom is -0.309 e. The molecule has 0 radical (unpaired) electrons. The molecule has 1 aliphatic carbocycles. The molecule has 1 N–H and O–H groups in total. The van der Waals surface area contributed by atoms with Gasteiger partial charge >= 0.3 is 0 Å². The fourth-order valence-corrected chi connectivity index (χ4v) is 3.96. The van der Waals surface area contributed by atoms with Crippen LogP contribution in [0.25, 0.3) is 0 Å². The average molecular weight is 287 g/mol. The second-order valence-electron chi connectivity index (χ2n) is 7.39. The van der Waals surface area contributed by atoms with Crippen LogP contribution < -0.4 is 5.32 Å². The molecule has 0 aliphatic heterocycles. The van der Waals surface area contributed by atoms with Crippen molar-refractivity contribution < 1.29 is 0 Å². The van der Waals surface area contributed by atoms with Crippen molar-refractivity contribution in [1.29, 1.82) is 0 Å². The smallest absolute Gasteiger partial charge is 0.0377 e. The summed E-state index contributed by atoms with van der Waals surface area (Å²) in [6, 6.07) is 5.33. The molecule has 0 spiro atoms. The zero-order valence-electron chi connectivity index (χ0n) is 14.7. The first kappa shape index (κ1) is 16.5. The summed E-state index contributed by atoms with van der Waals surface area (Å²) in [7, 11) is 0. The van der Waals surface area contributed by atoms with E-state index in [9.17, 15) is 0 Å². The average Bonchev–Trinajstić information content (AvgIpc) is 2.45. The zero-order valence-corrected chi connectivity index (χ0v) is 14.7. The van der Waals surface area contributed by atoms with Crippen LogP contribution in [0.5, 0.6) is 0 Å². The van der Waals surface area contributed by atoms with Crippen molar-refractivity contribution >= 4 is 0 Å². The number of rotatable bonds is 5. The predicted octanol–water partition coefficient (Wildman–Crippen LogP) is 5.62. The van der Waals surface area contributed by atoms with Crippen LogP contribution >= 0.6 is 0 Å². The molecule has 21 heavy (non-hydrogen) atoms. The van der Waals surface area contributed by atoms with Gasteiger partial charge in [-0.15, -0.1) is 0 Å². The van der Waals surface area contributed by atoms with Crippen LogP contribution in [0, 0.1) is 26.2 Å². The van der Waals surface area contributed by atoms with Crippen molar-refractivity contribution in [2.24, 2.45) is 5.41 Å². The molecule has 1 heteroatoms. The van der Waals surface area contributed by atoms with Gasteiger partial charge in [0.2, 0.25) is 0 Å². The van der Waals surface area contributed by atoms with E-state index in [4.69, 9.17) is 0 Å². The van der Waals surface area contributed by atoms with E-state index < -0.39 is 0 Å². The Morgan fingerprint density at radius 2 is 1.62 bits per heavy atom. The van der Waals surface area contributed by atoms with Crippen molar-refractivity contribution in [3.63, 3.8) is 0 Å². The van der Waals surface area contributed by atoms with Gasteiger partial charge < -0.3 is 5.32 Å². The molecular weight excluding hydrogens is 254 g/mol. The Morgan fingerprint density at radius 3 is 2.24 bits per heavy atom. The lowest BCUT2D eigenvalue weighted by Gasteiger charge is -2.42. The summed E-state index contributed by atoms with van der Waals surface area (Å²) in [5, 5.41) is 3.88. The van der Waals surface area contributed by atoms with Crippen LogP contribution in [0.4, 0.5) is 0 Å². The molecule has 0 bridgehead atoms. The summed E-state index contributed by atoms with van der Waals surface area (Å²) in [5.74, 6) is 0. The van der Waals surface area contributed by atoms with Gasteiger partial charge in [-0.05, 0) is 74.2 Å². The Morgan fingerprint density at radius 1 is 1.00 bits per heavy atom. The second kappa shape index (κ2) is 6.96. The van der Waals surface area contributed by atoms with Gasteiger partial charge in [-0.1, -0.05) is 45.2 Å². The fraction of sp³-hybridized carbons (Fsp3) is 0.700. The topological polar surface area (TPSA) is 12.0 Å². The maximum Gasteiger partial charge on any atom is 0.0377 e. The Hall–Kier alpha value is -0.820. The van der Waals surface area contributed by atoms with Crippen molar-refractivity contribution in [3.05, 3.63) is 34.4 Å². The summed E-state index contributed by atoms with van der Waals surface area (Å²) >= 11 is 0. The molecule has 0 amide bonds. The van der Waals surface area contributed by atoms with Gasteiger partial charge in [-0.3, -0.25) is 0 Å². The van der Waals surface area contributed by atoms with Crippen LogP contribution in [-0.2, 0) is 0 Å². The van der Waals surface area contributed by atoms with E-state index >= 15 is 0 Å². The molecule has 0 aromatic heterocycles. The van der Waals surface area contributed by atoms with Crippen LogP contribution in [0.3, 0.4) is 0 Å². The first-order valence-electron chi connectivity index (χ1n) is 8.79. The molecular formula is C20H33N. The molecule has 1 aliphatic rings. The molecule has 0 saturated heterocycles. The van der Waals surface area contributed by atoms with Gasteiger partial charge in [-0.2, -0.15) is 0 Å². The van der Waals surface area contributed by atoms with E-state index in [1.165, 1.54) is 60.8 Å². The lowest BCUT2D eigenvalue weighted by Crippen LogP contribution is -2.38. The Balaban J connectivity index is 2.37. The minimum absolute atomic E-state index is 0.417. The number of nitrogens with one attached hydrogen (secondary N) is 1. The Labute approximate surface area is 131 Å². The summed E-state index contributed by atoms with van der Waals surface area (Å²) in [5.41, 5.74) is 6.26. The van der Waals surface area contributed by atoms with Gasteiger partial charge in [-0.25, -0.2) is 0 Å². The van der Waals surface area contributed by atoms with Crippen molar-refractivity contribution in [3.8, 4) is 0 Å². The molecule has 0 heterocycles. The van der Waals surface area contributed by atoms with E-state index in [1.807, 2.05) is 0 Å². The highest BCUT2D eigenvalue weighted by Crippen LogP contribution is 2.46. The number of hydrogen-bond donors (Lipinski definition) is 1. The maximum absolute atomic E-state index is 3.88. The molecule has 118 valence electrons. The monoisotopic (exact) mass is 287 g/mol. The molecule has 1 fully saturated rings. The molecule has 1 saturated carbocycles. The zero-order chi connectivity index (χ0) is 15.5.